The number of rotatable bonds is 12. The first-order valence-corrected chi connectivity index (χ1v) is 14.9. The van der Waals surface area contributed by atoms with Crippen LogP contribution >= 0.6 is 0 Å². The van der Waals surface area contributed by atoms with E-state index in [2.05, 4.69) is 12.2 Å². The van der Waals surface area contributed by atoms with Gasteiger partial charge in [-0.25, -0.2) is 8.42 Å². The summed E-state index contributed by atoms with van der Waals surface area (Å²) >= 11 is 0. The Morgan fingerprint density at radius 1 is 0.974 bits per heavy atom. The van der Waals surface area contributed by atoms with Crippen molar-refractivity contribution in [1.82, 2.24) is 10.2 Å². The first-order valence-electron chi connectivity index (χ1n) is 13.4. The molecule has 0 spiro atoms. The Kier molecular flexibility index (Phi) is 8.72. The molecular formula is C30H37N3O4S. The number of carbonyl (C=O) groups is 2. The number of sulfonamides is 1. The molecule has 2 amide bonds. The molecule has 1 unspecified atom stereocenters. The minimum atomic E-state index is -3.67. The SMILES string of the molecule is CCCCNC(=O)C(CC)N(Cc1ccc(C)cc1)C(=O)CCCN1c2cccc3cccc(c23)S1(=O)=O. The number of amides is 2. The zero-order valence-corrected chi connectivity index (χ0v) is 23.3. The van der Waals surface area contributed by atoms with Crippen LogP contribution in [0, 0.1) is 6.92 Å². The predicted octanol–water partition coefficient (Wildman–Crippen LogP) is 5.16. The number of hydrogen-bond donors (Lipinski definition) is 1. The molecule has 0 fully saturated rings. The third-order valence-corrected chi connectivity index (χ3v) is 8.98. The Balaban J connectivity index is 1.50. The van der Waals surface area contributed by atoms with Crippen LogP contribution in [0.15, 0.2) is 65.6 Å². The predicted molar refractivity (Wildman–Crippen MR) is 151 cm³/mol. The van der Waals surface area contributed by atoms with E-state index in [1.807, 2.05) is 62.4 Å². The van der Waals surface area contributed by atoms with Crippen LogP contribution < -0.4 is 9.62 Å². The number of carbonyl (C=O) groups excluding carboxylic acids is 2. The van der Waals surface area contributed by atoms with Gasteiger partial charge in [0.25, 0.3) is 10.0 Å². The summed E-state index contributed by atoms with van der Waals surface area (Å²) in [6, 6.07) is 18.2. The lowest BCUT2D eigenvalue weighted by Gasteiger charge is -2.31. The number of benzene rings is 3. The van der Waals surface area contributed by atoms with Gasteiger partial charge in [-0.05, 0) is 49.3 Å². The highest BCUT2D eigenvalue weighted by molar-refractivity contribution is 7.93. The third-order valence-electron chi connectivity index (χ3n) is 7.12. The van der Waals surface area contributed by atoms with Crippen LogP contribution in [0.5, 0.6) is 0 Å². The van der Waals surface area contributed by atoms with Crippen LogP contribution in [0.1, 0.15) is 57.1 Å². The number of nitrogens with zero attached hydrogens (tertiary/aromatic N) is 2. The van der Waals surface area contributed by atoms with Gasteiger partial charge in [-0.2, -0.15) is 0 Å². The Bertz CT molecular complexity index is 1400. The quantitative estimate of drug-likeness (QED) is 0.325. The average molecular weight is 536 g/mol. The Morgan fingerprint density at radius 3 is 2.37 bits per heavy atom. The van der Waals surface area contributed by atoms with Gasteiger partial charge < -0.3 is 10.2 Å². The Hall–Kier alpha value is -3.39. The molecule has 1 aliphatic rings. The second kappa shape index (κ2) is 12.0. The van der Waals surface area contributed by atoms with E-state index in [1.54, 1.807) is 17.0 Å². The van der Waals surface area contributed by atoms with Gasteiger partial charge in [0.1, 0.15) is 6.04 Å². The van der Waals surface area contributed by atoms with Crippen LogP contribution in [0.25, 0.3) is 10.8 Å². The van der Waals surface area contributed by atoms with Crippen molar-refractivity contribution in [3.63, 3.8) is 0 Å². The maximum absolute atomic E-state index is 13.6. The molecule has 0 bridgehead atoms. The zero-order valence-electron chi connectivity index (χ0n) is 22.4. The number of anilines is 1. The third kappa shape index (κ3) is 5.70. The van der Waals surface area contributed by atoms with Gasteiger partial charge in [0, 0.05) is 31.4 Å². The number of nitrogens with one attached hydrogen (secondary N) is 1. The van der Waals surface area contributed by atoms with E-state index in [1.165, 1.54) is 4.31 Å². The van der Waals surface area contributed by atoms with E-state index in [4.69, 9.17) is 0 Å². The molecule has 0 aromatic heterocycles. The molecule has 1 aliphatic heterocycles. The second-order valence-corrected chi connectivity index (χ2v) is 11.7. The summed E-state index contributed by atoms with van der Waals surface area (Å²) in [5.74, 6) is -0.305. The monoisotopic (exact) mass is 535 g/mol. The Labute approximate surface area is 225 Å². The van der Waals surface area contributed by atoms with Crippen molar-refractivity contribution in [1.29, 1.82) is 0 Å². The van der Waals surface area contributed by atoms with Gasteiger partial charge in [0.15, 0.2) is 0 Å². The van der Waals surface area contributed by atoms with Crippen LogP contribution in [0.4, 0.5) is 5.69 Å². The van der Waals surface area contributed by atoms with Crippen molar-refractivity contribution in [2.45, 2.75) is 70.4 Å². The second-order valence-electron chi connectivity index (χ2n) is 9.89. The highest BCUT2D eigenvalue weighted by Crippen LogP contribution is 2.42. The summed E-state index contributed by atoms with van der Waals surface area (Å²) in [4.78, 5) is 28.6. The molecule has 1 N–H and O–H groups in total. The van der Waals surface area contributed by atoms with Crippen molar-refractivity contribution >= 4 is 38.3 Å². The molecule has 1 atom stereocenters. The minimum absolute atomic E-state index is 0.142. The normalized spacial score (nSPS) is 14.4. The summed E-state index contributed by atoms with van der Waals surface area (Å²) in [5.41, 5.74) is 2.73. The fourth-order valence-corrected chi connectivity index (χ4v) is 6.78. The van der Waals surface area contributed by atoms with Crippen LogP contribution in [0.2, 0.25) is 0 Å². The average Bonchev–Trinajstić information content (AvgIpc) is 3.13. The molecule has 3 aromatic carbocycles. The smallest absolute Gasteiger partial charge is 0.265 e. The van der Waals surface area contributed by atoms with Gasteiger partial charge in [0.05, 0.1) is 10.6 Å². The van der Waals surface area contributed by atoms with E-state index in [9.17, 15) is 18.0 Å². The molecule has 3 aromatic rings. The van der Waals surface area contributed by atoms with E-state index in [0.29, 0.717) is 36.5 Å². The van der Waals surface area contributed by atoms with E-state index >= 15 is 0 Å². The fraction of sp³-hybridized carbons (Fsp3) is 0.400. The summed E-state index contributed by atoms with van der Waals surface area (Å²) in [6.07, 6.45) is 2.84. The molecule has 4 rings (SSSR count). The maximum Gasteiger partial charge on any atom is 0.265 e. The molecule has 0 saturated carbocycles. The van der Waals surface area contributed by atoms with Gasteiger partial charge >= 0.3 is 0 Å². The summed E-state index contributed by atoms with van der Waals surface area (Å²) in [6.45, 7) is 7.08. The highest BCUT2D eigenvalue weighted by atomic mass is 32.2. The van der Waals surface area contributed by atoms with Crippen molar-refractivity contribution in [3.8, 4) is 0 Å². The summed E-state index contributed by atoms with van der Waals surface area (Å²) in [5, 5.41) is 4.59. The van der Waals surface area contributed by atoms with Crippen molar-refractivity contribution in [2.24, 2.45) is 0 Å². The fourth-order valence-electron chi connectivity index (χ4n) is 5.03. The minimum Gasteiger partial charge on any atom is -0.354 e. The molecule has 0 saturated heterocycles. The molecular weight excluding hydrogens is 498 g/mol. The van der Waals surface area contributed by atoms with E-state index < -0.39 is 16.1 Å². The topological polar surface area (TPSA) is 86.8 Å². The maximum atomic E-state index is 13.6. The standard InChI is InChI=1S/C30H37N3O4S/c1-4-6-19-31-30(35)25(5-2)32(21-23-17-15-22(3)16-18-23)28(34)14-9-20-33-26-12-7-10-24-11-8-13-27(29(24)26)38(33,36)37/h7-8,10-13,15-18,25H,4-6,9,14,19-21H2,1-3H3,(H,31,35). The van der Waals surface area contributed by atoms with Crippen LogP contribution in [0.3, 0.4) is 0 Å². The number of unbranched alkanes of at least 4 members (excludes halogenated alkanes) is 1. The van der Waals surface area contributed by atoms with Crippen LogP contribution in [-0.4, -0.2) is 44.3 Å². The number of hydrogen-bond acceptors (Lipinski definition) is 4. The summed E-state index contributed by atoms with van der Waals surface area (Å²) < 4.78 is 28.0. The van der Waals surface area contributed by atoms with Crippen molar-refractivity contribution in [3.05, 3.63) is 71.8 Å². The van der Waals surface area contributed by atoms with Gasteiger partial charge in [-0.1, -0.05) is 74.4 Å². The van der Waals surface area contributed by atoms with Crippen molar-refractivity contribution in [2.75, 3.05) is 17.4 Å². The Morgan fingerprint density at radius 2 is 1.68 bits per heavy atom. The number of aryl methyl sites for hydroxylation is 1. The van der Waals surface area contributed by atoms with E-state index in [-0.39, 0.29) is 24.8 Å². The first-order chi connectivity index (χ1) is 18.3. The lowest BCUT2D eigenvalue weighted by molar-refractivity contribution is -0.141. The lowest BCUT2D eigenvalue weighted by atomic mass is 10.1. The van der Waals surface area contributed by atoms with Crippen LogP contribution in [-0.2, 0) is 26.2 Å². The molecule has 0 aliphatic carbocycles. The van der Waals surface area contributed by atoms with Crippen molar-refractivity contribution < 1.29 is 18.0 Å². The van der Waals surface area contributed by atoms with E-state index in [0.717, 1.165) is 34.7 Å². The van der Waals surface area contributed by atoms with Gasteiger partial charge in [-0.3, -0.25) is 13.9 Å². The van der Waals surface area contributed by atoms with Gasteiger partial charge in [-0.15, -0.1) is 0 Å². The molecule has 202 valence electrons. The largest absolute Gasteiger partial charge is 0.354 e. The highest BCUT2D eigenvalue weighted by Gasteiger charge is 2.35. The van der Waals surface area contributed by atoms with Gasteiger partial charge in [0.2, 0.25) is 11.8 Å². The molecule has 0 radical (unpaired) electrons. The first kappa shape index (κ1) is 27.6. The summed E-state index contributed by atoms with van der Waals surface area (Å²) in [7, 11) is -3.67. The zero-order chi connectivity index (χ0) is 27.3. The molecule has 38 heavy (non-hydrogen) atoms. The molecule has 1 heterocycles. The molecule has 7 nitrogen and oxygen atoms in total. The lowest BCUT2D eigenvalue weighted by Crippen LogP contribution is -2.49. The molecule has 8 heteroatoms.